The van der Waals surface area contributed by atoms with Gasteiger partial charge in [0.1, 0.15) is 11.6 Å². The summed E-state index contributed by atoms with van der Waals surface area (Å²) in [4.78, 5) is 58.9. The first-order valence-electron chi connectivity index (χ1n) is 10.7. The van der Waals surface area contributed by atoms with Gasteiger partial charge in [0.2, 0.25) is 23.7 Å². The molecule has 1 aromatic carbocycles. The van der Waals surface area contributed by atoms with Crippen LogP contribution in [-0.4, -0.2) is 47.9 Å². The molecular weight excluding hydrogens is 428 g/mol. The SMILES string of the molecule is COc1ccc(C)cc1NC(=O)[C@@H]1CC(=O)Nc2nc(N3CCC(C(N)=O)CC3)[nH]c(=O)c21. The van der Waals surface area contributed by atoms with Crippen LogP contribution in [0.5, 0.6) is 5.75 Å². The van der Waals surface area contributed by atoms with Crippen molar-refractivity contribution in [2.24, 2.45) is 11.7 Å². The van der Waals surface area contributed by atoms with Gasteiger partial charge < -0.3 is 26.0 Å². The highest BCUT2D eigenvalue weighted by Crippen LogP contribution is 2.32. The van der Waals surface area contributed by atoms with Crippen molar-refractivity contribution in [2.45, 2.75) is 32.1 Å². The summed E-state index contributed by atoms with van der Waals surface area (Å²) in [7, 11) is 1.49. The van der Waals surface area contributed by atoms with Gasteiger partial charge >= 0.3 is 0 Å². The van der Waals surface area contributed by atoms with E-state index in [0.717, 1.165) is 5.56 Å². The Balaban J connectivity index is 1.61. The Bertz CT molecular complexity index is 1170. The minimum atomic E-state index is -1.01. The van der Waals surface area contributed by atoms with Gasteiger partial charge in [-0.15, -0.1) is 0 Å². The van der Waals surface area contributed by atoms with Crippen molar-refractivity contribution in [3.05, 3.63) is 39.7 Å². The maximum absolute atomic E-state index is 13.1. The number of fused-ring (bicyclic) bond motifs is 1. The number of aromatic amines is 1. The van der Waals surface area contributed by atoms with E-state index in [0.29, 0.717) is 37.4 Å². The van der Waals surface area contributed by atoms with E-state index >= 15 is 0 Å². The number of aryl methyl sites for hydroxylation is 1. The predicted octanol–water partition coefficient (Wildman–Crippen LogP) is 0.853. The lowest BCUT2D eigenvalue weighted by atomic mass is 9.92. The predicted molar refractivity (Wildman–Crippen MR) is 121 cm³/mol. The van der Waals surface area contributed by atoms with Crippen molar-refractivity contribution in [1.29, 1.82) is 0 Å². The summed E-state index contributed by atoms with van der Waals surface area (Å²) in [6.45, 7) is 2.85. The second-order valence-corrected chi connectivity index (χ2v) is 8.31. The third-order valence-corrected chi connectivity index (χ3v) is 6.06. The number of hydrogen-bond acceptors (Lipinski definition) is 7. The smallest absolute Gasteiger partial charge is 0.258 e. The zero-order valence-corrected chi connectivity index (χ0v) is 18.4. The van der Waals surface area contributed by atoms with E-state index < -0.39 is 23.3 Å². The number of primary amides is 1. The summed E-state index contributed by atoms with van der Waals surface area (Å²) in [5, 5.41) is 5.39. The Morgan fingerprint density at radius 3 is 2.64 bits per heavy atom. The number of rotatable bonds is 5. The van der Waals surface area contributed by atoms with Crippen molar-refractivity contribution >= 4 is 35.2 Å². The summed E-state index contributed by atoms with van der Waals surface area (Å²) < 4.78 is 5.30. The van der Waals surface area contributed by atoms with E-state index in [1.807, 2.05) is 17.9 Å². The molecule has 33 heavy (non-hydrogen) atoms. The fraction of sp³-hybridized carbons (Fsp3) is 0.409. The van der Waals surface area contributed by atoms with E-state index in [4.69, 9.17) is 10.5 Å². The van der Waals surface area contributed by atoms with Gasteiger partial charge in [-0.05, 0) is 37.5 Å². The third kappa shape index (κ3) is 4.52. The van der Waals surface area contributed by atoms with Gasteiger partial charge in [0.05, 0.1) is 24.3 Å². The highest BCUT2D eigenvalue weighted by molar-refractivity contribution is 6.05. The van der Waals surface area contributed by atoms with Crippen LogP contribution in [0, 0.1) is 12.8 Å². The van der Waals surface area contributed by atoms with Crippen molar-refractivity contribution in [3.8, 4) is 5.75 Å². The van der Waals surface area contributed by atoms with E-state index in [9.17, 15) is 19.2 Å². The number of piperidine rings is 1. The summed E-state index contributed by atoms with van der Waals surface area (Å²) in [6, 6.07) is 5.33. The monoisotopic (exact) mass is 454 g/mol. The second kappa shape index (κ2) is 8.93. The van der Waals surface area contributed by atoms with Gasteiger partial charge in [-0.25, -0.2) is 0 Å². The van der Waals surface area contributed by atoms with Gasteiger partial charge in [0.25, 0.3) is 5.56 Å². The van der Waals surface area contributed by atoms with Crippen molar-refractivity contribution in [3.63, 3.8) is 0 Å². The van der Waals surface area contributed by atoms with Crippen LogP contribution in [0.2, 0.25) is 0 Å². The number of ether oxygens (including phenoxy) is 1. The molecule has 0 spiro atoms. The zero-order chi connectivity index (χ0) is 23.7. The van der Waals surface area contributed by atoms with E-state index in [1.54, 1.807) is 12.1 Å². The number of carbonyl (C=O) groups excluding carboxylic acids is 3. The Kier molecular flexibility index (Phi) is 6.03. The lowest BCUT2D eigenvalue weighted by Crippen LogP contribution is -2.41. The lowest BCUT2D eigenvalue weighted by Gasteiger charge is -2.32. The van der Waals surface area contributed by atoms with E-state index in [-0.39, 0.29) is 35.6 Å². The lowest BCUT2D eigenvalue weighted by molar-refractivity contribution is -0.123. The quantitative estimate of drug-likeness (QED) is 0.521. The average Bonchev–Trinajstić information content (AvgIpc) is 2.78. The van der Waals surface area contributed by atoms with E-state index in [2.05, 4.69) is 20.6 Å². The highest BCUT2D eigenvalue weighted by Gasteiger charge is 2.36. The number of hydrogen-bond donors (Lipinski definition) is 4. The Labute approximate surface area is 189 Å². The maximum Gasteiger partial charge on any atom is 0.258 e. The van der Waals surface area contributed by atoms with Crippen LogP contribution in [0.1, 0.15) is 36.3 Å². The number of benzene rings is 1. The number of amides is 3. The van der Waals surface area contributed by atoms with E-state index in [1.165, 1.54) is 7.11 Å². The van der Waals surface area contributed by atoms with Gasteiger partial charge in [-0.3, -0.25) is 24.2 Å². The van der Waals surface area contributed by atoms with Crippen molar-refractivity contribution in [1.82, 2.24) is 9.97 Å². The molecule has 5 N–H and O–H groups in total. The number of aromatic nitrogens is 2. The summed E-state index contributed by atoms with van der Waals surface area (Å²) in [5.74, 6) is -1.65. The van der Waals surface area contributed by atoms with Crippen molar-refractivity contribution in [2.75, 3.05) is 35.7 Å². The number of anilines is 3. The number of nitrogens with zero attached hydrogens (tertiary/aromatic N) is 2. The van der Waals surface area contributed by atoms with Crippen LogP contribution in [0.4, 0.5) is 17.5 Å². The minimum Gasteiger partial charge on any atom is -0.495 e. The van der Waals surface area contributed by atoms with Gasteiger partial charge in [0, 0.05) is 25.4 Å². The van der Waals surface area contributed by atoms with Crippen LogP contribution in [0.3, 0.4) is 0 Å². The zero-order valence-electron chi connectivity index (χ0n) is 18.4. The number of H-pyrrole nitrogens is 1. The fourth-order valence-electron chi connectivity index (χ4n) is 4.25. The van der Waals surface area contributed by atoms with Crippen LogP contribution >= 0.6 is 0 Å². The topological polar surface area (TPSA) is 160 Å². The van der Waals surface area contributed by atoms with Crippen LogP contribution < -0.4 is 31.6 Å². The molecule has 0 unspecified atom stereocenters. The Hall–Kier alpha value is -3.89. The normalized spacial score (nSPS) is 18.3. The summed E-state index contributed by atoms with van der Waals surface area (Å²) in [5.41, 5.74) is 6.36. The molecule has 1 atom stereocenters. The standard InChI is InChI=1S/C22H26N6O5/c1-11-3-4-15(33-2)14(9-11)24-20(31)13-10-16(29)25-19-17(13)21(32)27-22(26-19)28-7-5-12(6-8-28)18(23)30/h3-4,9,12-13H,5-8,10H2,1-2H3,(H2,23,30)(H,24,31)(H2,25,26,27,29,32)/t13-/m1/s1. The van der Waals surface area contributed by atoms with Gasteiger partial charge in [-0.1, -0.05) is 6.07 Å². The molecule has 3 amide bonds. The average molecular weight is 454 g/mol. The Morgan fingerprint density at radius 2 is 1.97 bits per heavy atom. The molecule has 3 heterocycles. The molecule has 11 heteroatoms. The molecule has 11 nitrogen and oxygen atoms in total. The first kappa shape index (κ1) is 22.3. The molecule has 0 saturated carbocycles. The molecular formula is C22H26N6O5. The molecule has 2 aliphatic heterocycles. The molecule has 2 aromatic rings. The van der Waals surface area contributed by atoms with Crippen LogP contribution in [0.25, 0.3) is 0 Å². The third-order valence-electron chi connectivity index (χ3n) is 6.06. The number of nitrogens with two attached hydrogens (primary N) is 1. The Morgan fingerprint density at radius 1 is 1.24 bits per heavy atom. The molecule has 1 aromatic heterocycles. The summed E-state index contributed by atoms with van der Waals surface area (Å²) in [6.07, 6.45) is 0.915. The second-order valence-electron chi connectivity index (χ2n) is 8.31. The first-order chi connectivity index (χ1) is 15.8. The number of carbonyl (C=O) groups is 3. The first-order valence-corrected chi connectivity index (χ1v) is 10.7. The molecule has 1 fully saturated rings. The molecule has 2 aliphatic rings. The molecule has 4 rings (SSSR count). The number of methoxy groups -OCH3 is 1. The maximum atomic E-state index is 13.1. The molecule has 174 valence electrons. The fourth-order valence-corrected chi connectivity index (χ4v) is 4.25. The van der Waals surface area contributed by atoms with Crippen molar-refractivity contribution < 1.29 is 19.1 Å². The van der Waals surface area contributed by atoms with Gasteiger partial charge in [0.15, 0.2) is 0 Å². The molecule has 1 saturated heterocycles. The highest BCUT2D eigenvalue weighted by atomic mass is 16.5. The van der Waals surface area contributed by atoms with Gasteiger partial charge in [-0.2, -0.15) is 4.98 Å². The molecule has 0 aliphatic carbocycles. The minimum absolute atomic E-state index is 0.0679. The van der Waals surface area contributed by atoms with Crippen LogP contribution in [-0.2, 0) is 14.4 Å². The summed E-state index contributed by atoms with van der Waals surface area (Å²) >= 11 is 0. The van der Waals surface area contributed by atoms with Crippen LogP contribution in [0.15, 0.2) is 23.0 Å². The molecule has 0 bridgehead atoms. The molecule has 0 radical (unpaired) electrons. The number of nitrogens with one attached hydrogen (secondary N) is 3. The largest absolute Gasteiger partial charge is 0.495 e.